The van der Waals surface area contributed by atoms with Gasteiger partial charge in [0.15, 0.2) is 0 Å². The lowest BCUT2D eigenvalue weighted by Gasteiger charge is -2.19. The maximum atomic E-state index is 12.2. The molecule has 4 heteroatoms. The lowest BCUT2D eigenvalue weighted by molar-refractivity contribution is -0.117. The lowest BCUT2D eigenvalue weighted by Crippen LogP contribution is -2.28. The molecule has 0 bridgehead atoms. The fourth-order valence-corrected chi connectivity index (χ4v) is 1.99. The monoisotopic (exact) mass is 269 g/mol. The number of carbonyl (C=O) groups is 1. The third-order valence-corrected chi connectivity index (χ3v) is 3.08. The first kappa shape index (κ1) is 14.1. The van der Waals surface area contributed by atoms with Crippen molar-refractivity contribution in [2.75, 3.05) is 24.3 Å². The Morgan fingerprint density at radius 3 is 2.30 bits per heavy atom. The van der Waals surface area contributed by atoms with E-state index in [4.69, 9.17) is 5.73 Å². The largest absolute Gasteiger partial charge is 0.376 e. The topological polar surface area (TPSA) is 58.4 Å². The molecule has 20 heavy (non-hydrogen) atoms. The summed E-state index contributed by atoms with van der Waals surface area (Å²) in [6.07, 6.45) is 0. The number of anilines is 2. The van der Waals surface area contributed by atoms with Crippen molar-refractivity contribution in [2.24, 2.45) is 5.73 Å². The molecule has 0 aromatic heterocycles. The minimum Gasteiger partial charge on any atom is -0.376 e. The number of benzene rings is 2. The van der Waals surface area contributed by atoms with Crippen LogP contribution in [0.5, 0.6) is 0 Å². The highest BCUT2D eigenvalue weighted by Crippen LogP contribution is 2.24. The maximum Gasteiger partial charge on any atom is 0.245 e. The molecule has 0 saturated heterocycles. The maximum absolute atomic E-state index is 12.2. The average molecular weight is 269 g/mol. The summed E-state index contributed by atoms with van der Waals surface area (Å²) in [4.78, 5) is 14.2. The van der Waals surface area contributed by atoms with Crippen LogP contribution in [0.1, 0.15) is 11.6 Å². The predicted molar refractivity (Wildman–Crippen MR) is 82.8 cm³/mol. The van der Waals surface area contributed by atoms with Crippen LogP contribution in [-0.2, 0) is 4.79 Å². The molecule has 1 amide bonds. The molecule has 0 spiro atoms. The molecular formula is C16H19N3O. The number of rotatable bonds is 4. The Kier molecular flexibility index (Phi) is 4.38. The van der Waals surface area contributed by atoms with Crippen LogP contribution in [0.25, 0.3) is 0 Å². The van der Waals surface area contributed by atoms with Crippen molar-refractivity contribution in [3.63, 3.8) is 0 Å². The Morgan fingerprint density at radius 2 is 1.65 bits per heavy atom. The van der Waals surface area contributed by atoms with Crippen molar-refractivity contribution in [1.82, 2.24) is 0 Å². The number of hydrogen-bond acceptors (Lipinski definition) is 3. The number of carbonyl (C=O) groups excluding carboxylic acids is 1. The molecule has 0 saturated carbocycles. The van der Waals surface area contributed by atoms with Crippen molar-refractivity contribution >= 4 is 17.3 Å². The Morgan fingerprint density at radius 1 is 1.05 bits per heavy atom. The standard InChI is InChI=1S/C16H19N3O/c1-19(2)14-11-7-6-10-13(14)18-16(20)15(17)12-8-4-3-5-9-12/h3-11,15H,17H2,1-2H3,(H,18,20)/t15-/m1/s1. The van der Waals surface area contributed by atoms with Crippen LogP contribution < -0.4 is 16.0 Å². The van der Waals surface area contributed by atoms with E-state index in [2.05, 4.69) is 5.32 Å². The van der Waals surface area contributed by atoms with E-state index in [1.54, 1.807) is 0 Å². The predicted octanol–water partition coefficient (Wildman–Crippen LogP) is 2.39. The van der Waals surface area contributed by atoms with Gasteiger partial charge in [-0.15, -0.1) is 0 Å². The van der Waals surface area contributed by atoms with E-state index in [9.17, 15) is 4.79 Å². The van der Waals surface area contributed by atoms with Crippen LogP contribution in [0.3, 0.4) is 0 Å². The second-order valence-electron chi connectivity index (χ2n) is 4.79. The van der Waals surface area contributed by atoms with E-state index >= 15 is 0 Å². The summed E-state index contributed by atoms with van der Waals surface area (Å²) in [7, 11) is 3.87. The smallest absolute Gasteiger partial charge is 0.245 e. The van der Waals surface area contributed by atoms with Gasteiger partial charge in [0.25, 0.3) is 0 Å². The molecule has 1 atom stereocenters. The summed E-state index contributed by atoms with van der Waals surface area (Å²) in [5, 5.41) is 2.88. The highest BCUT2D eigenvalue weighted by Gasteiger charge is 2.16. The minimum absolute atomic E-state index is 0.217. The molecule has 104 valence electrons. The number of amides is 1. The molecule has 0 aliphatic heterocycles. The number of nitrogens with one attached hydrogen (secondary N) is 1. The van der Waals surface area contributed by atoms with Crippen molar-refractivity contribution in [1.29, 1.82) is 0 Å². The van der Waals surface area contributed by atoms with Crippen LogP contribution in [0.2, 0.25) is 0 Å². The van der Waals surface area contributed by atoms with Crippen LogP contribution in [0, 0.1) is 0 Å². The molecule has 4 nitrogen and oxygen atoms in total. The van der Waals surface area contributed by atoms with Gasteiger partial charge in [0.1, 0.15) is 6.04 Å². The molecule has 0 unspecified atom stereocenters. The molecule has 2 aromatic carbocycles. The molecule has 2 aromatic rings. The zero-order chi connectivity index (χ0) is 14.5. The Labute approximate surface area is 119 Å². The average Bonchev–Trinajstić information content (AvgIpc) is 2.47. The summed E-state index contributed by atoms with van der Waals surface area (Å²) in [5.41, 5.74) is 8.49. The van der Waals surface area contributed by atoms with Gasteiger partial charge in [-0.25, -0.2) is 0 Å². The Bertz CT molecular complexity index is 581. The lowest BCUT2D eigenvalue weighted by atomic mass is 10.1. The van der Waals surface area contributed by atoms with Crippen molar-refractivity contribution < 1.29 is 4.79 Å². The number of nitrogens with two attached hydrogens (primary N) is 1. The van der Waals surface area contributed by atoms with Gasteiger partial charge in [-0.05, 0) is 17.7 Å². The summed E-state index contributed by atoms with van der Waals surface area (Å²) in [6, 6.07) is 16.3. The van der Waals surface area contributed by atoms with E-state index < -0.39 is 6.04 Å². The van der Waals surface area contributed by atoms with Crippen molar-refractivity contribution in [3.8, 4) is 0 Å². The highest BCUT2D eigenvalue weighted by atomic mass is 16.2. The van der Waals surface area contributed by atoms with Gasteiger partial charge in [0, 0.05) is 14.1 Å². The van der Waals surface area contributed by atoms with E-state index in [-0.39, 0.29) is 5.91 Å². The van der Waals surface area contributed by atoms with Crippen LogP contribution in [0.4, 0.5) is 11.4 Å². The van der Waals surface area contributed by atoms with E-state index in [1.165, 1.54) is 0 Å². The highest BCUT2D eigenvalue weighted by molar-refractivity contribution is 5.98. The van der Waals surface area contributed by atoms with Crippen LogP contribution in [-0.4, -0.2) is 20.0 Å². The first-order valence-corrected chi connectivity index (χ1v) is 6.47. The molecule has 2 rings (SSSR count). The first-order valence-electron chi connectivity index (χ1n) is 6.47. The summed E-state index contributed by atoms with van der Waals surface area (Å²) >= 11 is 0. The molecular weight excluding hydrogens is 250 g/mol. The number of hydrogen-bond donors (Lipinski definition) is 2. The fourth-order valence-electron chi connectivity index (χ4n) is 1.99. The molecule has 0 radical (unpaired) electrons. The van der Waals surface area contributed by atoms with Gasteiger partial charge in [0.05, 0.1) is 11.4 Å². The molecule has 0 aliphatic carbocycles. The summed E-state index contributed by atoms with van der Waals surface area (Å²) in [6.45, 7) is 0. The first-order chi connectivity index (χ1) is 9.59. The van der Waals surface area contributed by atoms with Crippen molar-refractivity contribution in [3.05, 3.63) is 60.2 Å². The summed E-state index contributed by atoms with van der Waals surface area (Å²) < 4.78 is 0. The number of para-hydroxylation sites is 2. The van der Waals surface area contributed by atoms with E-state index in [0.29, 0.717) is 0 Å². The molecule has 0 heterocycles. The van der Waals surface area contributed by atoms with Gasteiger partial charge in [0.2, 0.25) is 5.91 Å². The zero-order valence-corrected chi connectivity index (χ0v) is 11.7. The minimum atomic E-state index is -0.675. The molecule has 0 aliphatic rings. The Hall–Kier alpha value is -2.33. The van der Waals surface area contributed by atoms with Gasteiger partial charge < -0.3 is 16.0 Å². The fraction of sp³-hybridized carbons (Fsp3) is 0.188. The van der Waals surface area contributed by atoms with Gasteiger partial charge in [-0.3, -0.25) is 4.79 Å². The van der Waals surface area contributed by atoms with Crippen LogP contribution in [0.15, 0.2) is 54.6 Å². The second kappa shape index (κ2) is 6.21. The van der Waals surface area contributed by atoms with Gasteiger partial charge >= 0.3 is 0 Å². The molecule has 0 fully saturated rings. The SMILES string of the molecule is CN(C)c1ccccc1NC(=O)[C@H](N)c1ccccc1. The van der Waals surface area contributed by atoms with E-state index in [1.807, 2.05) is 73.6 Å². The molecule has 3 N–H and O–H groups in total. The normalized spacial score (nSPS) is 11.8. The zero-order valence-electron chi connectivity index (χ0n) is 11.7. The third kappa shape index (κ3) is 3.16. The van der Waals surface area contributed by atoms with Gasteiger partial charge in [-0.2, -0.15) is 0 Å². The van der Waals surface area contributed by atoms with Crippen molar-refractivity contribution in [2.45, 2.75) is 6.04 Å². The Balaban J connectivity index is 2.16. The van der Waals surface area contributed by atoms with Gasteiger partial charge in [-0.1, -0.05) is 42.5 Å². The quantitative estimate of drug-likeness (QED) is 0.896. The third-order valence-electron chi connectivity index (χ3n) is 3.08. The van der Waals surface area contributed by atoms with E-state index in [0.717, 1.165) is 16.9 Å². The van der Waals surface area contributed by atoms with Crippen LogP contribution >= 0.6 is 0 Å². The second-order valence-corrected chi connectivity index (χ2v) is 4.79. The summed E-state index contributed by atoms with van der Waals surface area (Å²) in [5.74, 6) is -0.217. The number of nitrogens with zero attached hydrogens (tertiary/aromatic N) is 1.